The van der Waals surface area contributed by atoms with Gasteiger partial charge in [0.2, 0.25) is 5.91 Å². The molecule has 2 aromatic carbocycles. The fraction of sp³-hybridized carbons (Fsp3) is 0.321. The maximum atomic E-state index is 13.1. The molecule has 0 radical (unpaired) electrons. The van der Waals surface area contributed by atoms with Crippen molar-refractivity contribution in [2.24, 2.45) is 5.92 Å². The number of hydrogen-bond donors (Lipinski definition) is 0. The number of aromatic nitrogens is 1. The van der Waals surface area contributed by atoms with Crippen LogP contribution in [0.15, 0.2) is 58.0 Å². The van der Waals surface area contributed by atoms with Gasteiger partial charge >= 0.3 is 0 Å². The van der Waals surface area contributed by atoms with Crippen LogP contribution in [0.25, 0.3) is 17.0 Å². The first-order valence-corrected chi connectivity index (χ1v) is 14.1. The van der Waals surface area contributed by atoms with Crippen molar-refractivity contribution >= 4 is 61.7 Å². The normalized spacial score (nSPS) is 17.7. The summed E-state index contributed by atoms with van der Waals surface area (Å²) in [7, 11) is 0. The molecule has 3 heterocycles. The summed E-state index contributed by atoms with van der Waals surface area (Å²) < 4.78 is 21.4. The Morgan fingerprint density at radius 2 is 1.89 bits per heavy atom. The third-order valence-corrected chi connectivity index (χ3v) is 8.27. The summed E-state index contributed by atoms with van der Waals surface area (Å²) in [6.07, 6.45) is 5.61. The summed E-state index contributed by atoms with van der Waals surface area (Å²) in [4.78, 5) is 42.1. The summed E-state index contributed by atoms with van der Waals surface area (Å²) in [6, 6.07) is 11.4. The molecule has 3 amide bonds. The van der Waals surface area contributed by atoms with E-state index in [1.54, 1.807) is 6.08 Å². The van der Waals surface area contributed by atoms with Crippen LogP contribution in [0.5, 0.6) is 5.75 Å². The number of likely N-dealkylation sites (tertiary alicyclic amines) is 1. The molecule has 3 aromatic rings. The molecule has 2 aliphatic heterocycles. The van der Waals surface area contributed by atoms with Crippen LogP contribution in [0.1, 0.15) is 25.3 Å². The molecule has 7 nitrogen and oxygen atoms in total. The SMILES string of the molecule is CC1CCN(C(=O)Cn2cc(/C=C3\SC(=O)N(CCOc4ccc(F)cc4)C3=O)c3cc(Br)ccc32)CC1. The lowest BCUT2D eigenvalue weighted by Crippen LogP contribution is -2.39. The van der Waals surface area contributed by atoms with Crippen molar-refractivity contribution in [1.29, 1.82) is 0 Å². The number of halogens is 2. The minimum Gasteiger partial charge on any atom is -0.492 e. The monoisotopic (exact) mass is 599 g/mol. The van der Waals surface area contributed by atoms with E-state index in [4.69, 9.17) is 4.74 Å². The van der Waals surface area contributed by atoms with E-state index in [1.807, 2.05) is 33.9 Å². The van der Waals surface area contributed by atoms with Gasteiger partial charge in [-0.2, -0.15) is 0 Å². The Bertz CT molecular complexity index is 1410. The van der Waals surface area contributed by atoms with Gasteiger partial charge < -0.3 is 14.2 Å². The summed E-state index contributed by atoms with van der Waals surface area (Å²) >= 11 is 4.40. The van der Waals surface area contributed by atoms with Gasteiger partial charge in [0, 0.05) is 40.2 Å². The van der Waals surface area contributed by atoms with E-state index in [0.717, 1.165) is 63.5 Å². The van der Waals surface area contributed by atoms with Crippen molar-refractivity contribution < 1.29 is 23.5 Å². The number of ether oxygens (including phenoxy) is 1. The number of amides is 3. The predicted molar refractivity (Wildman–Crippen MR) is 149 cm³/mol. The molecular formula is C28H27BrFN3O4S. The standard InChI is InChI=1S/C28H27BrFN3O4S/c1-18-8-10-31(11-9-18)26(34)17-32-16-19(23-15-20(29)2-7-24(23)32)14-25-27(35)33(28(36)38-25)12-13-37-22-5-3-21(30)4-6-22/h2-7,14-16,18H,8-13,17H2,1H3/b25-14-. The molecular weight excluding hydrogens is 573 g/mol. The zero-order valence-electron chi connectivity index (χ0n) is 20.9. The van der Waals surface area contributed by atoms with E-state index < -0.39 is 5.91 Å². The van der Waals surface area contributed by atoms with Crippen LogP contribution >= 0.6 is 27.7 Å². The van der Waals surface area contributed by atoms with E-state index in [-0.39, 0.29) is 36.7 Å². The molecule has 2 fully saturated rings. The molecule has 0 aliphatic carbocycles. The molecule has 10 heteroatoms. The van der Waals surface area contributed by atoms with Gasteiger partial charge in [0.05, 0.1) is 11.4 Å². The molecule has 0 spiro atoms. The Kier molecular flexibility index (Phi) is 7.90. The minimum absolute atomic E-state index is 0.0738. The third-order valence-electron chi connectivity index (χ3n) is 6.87. The molecule has 0 bridgehead atoms. The van der Waals surface area contributed by atoms with Gasteiger partial charge in [0.15, 0.2) is 0 Å². The van der Waals surface area contributed by atoms with Gasteiger partial charge in [-0.1, -0.05) is 22.9 Å². The molecule has 5 rings (SSSR count). The zero-order chi connectivity index (χ0) is 26.8. The molecule has 0 unspecified atom stereocenters. The number of carbonyl (C=O) groups is 3. The zero-order valence-corrected chi connectivity index (χ0v) is 23.3. The maximum absolute atomic E-state index is 13.1. The summed E-state index contributed by atoms with van der Waals surface area (Å²) in [5, 5.41) is 0.509. The maximum Gasteiger partial charge on any atom is 0.293 e. The Balaban J connectivity index is 1.32. The average Bonchev–Trinajstić information content (AvgIpc) is 3.36. The lowest BCUT2D eigenvalue weighted by molar-refractivity contribution is -0.133. The van der Waals surface area contributed by atoms with Crippen LogP contribution in [0.3, 0.4) is 0 Å². The number of rotatable bonds is 7. The first-order chi connectivity index (χ1) is 18.3. The van der Waals surface area contributed by atoms with Gasteiger partial charge in [-0.3, -0.25) is 19.3 Å². The van der Waals surface area contributed by atoms with Crippen molar-refractivity contribution in [2.75, 3.05) is 26.2 Å². The Morgan fingerprint density at radius 1 is 1.16 bits per heavy atom. The van der Waals surface area contributed by atoms with Crippen LogP contribution in [0, 0.1) is 11.7 Å². The molecule has 2 aliphatic rings. The fourth-order valence-corrected chi connectivity index (χ4v) is 5.88. The van der Waals surface area contributed by atoms with E-state index in [0.29, 0.717) is 16.6 Å². The topological polar surface area (TPSA) is 71.8 Å². The summed E-state index contributed by atoms with van der Waals surface area (Å²) in [6.45, 7) is 4.15. The van der Waals surface area contributed by atoms with Crippen LogP contribution in [0.4, 0.5) is 9.18 Å². The van der Waals surface area contributed by atoms with Crippen molar-refractivity contribution in [3.05, 3.63) is 69.4 Å². The summed E-state index contributed by atoms with van der Waals surface area (Å²) in [5.74, 6) is 0.412. The summed E-state index contributed by atoms with van der Waals surface area (Å²) in [5.41, 5.74) is 1.64. The third kappa shape index (κ3) is 5.81. The van der Waals surface area contributed by atoms with Crippen molar-refractivity contribution in [3.63, 3.8) is 0 Å². The highest BCUT2D eigenvalue weighted by molar-refractivity contribution is 9.10. The lowest BCUT2D eigenvalue weighted by Gasteiger charge is -2.30. The van der Waals surface area contributed by atoms with Crippen LogP contribution < -0.4 is 4.74 Å². The van der Waals surface area contributed by atoms with Gasteiger partial charge in [-0.15, -0.1) is 0 Å². The number of thioether (sulfide) groups is 1. The van der Waals surface area contributed by atoms with E-state index >= 15 is 0 Å². The molecule has 0 saturated carbocycles. The molecule has 0 atom stereocenters. The Morgan fingerprint density at radius 3 is 2.63 bits per heavy atom. The highest BCUT2D eigenvalue weighted by Gasteiger charge is 2.35. The van der Waals surface area contributed by atoms with Crippen molar-refractivity contribution in [3.8, 4) is 5.75 Å². The lowest BCUT2D eigenvalue weighted by atomic mass is 9.99. The number of imide groups is 1. The van der Waals surface area contributed by atoms with E-state index in [1.165, 1.54) is 24.3 Å². The largest absolute Gasteiger partial charge is 0.492 e. The van der Waals surface area contributed by atoms with Gasteiger partial charge in [0.25, 0.3) is 11.1 Å². The number of nitrogens with zero attached hydrogens (tertiary/aromatic N) is 3. The molecule has 1 aromatic heterocycles. The number of fused-ring (bicyclic) bond motifs is 1. The van der Waals surface area contributed by atoms with Crippen molar-refractivity contribution in [1.82, 2.24) is 14.4 Å². The van der Waals surface area contributed by atoms with E-state index in [9.17, 15) is 18.8 Å². The highest BCUT2D eigenvalue weighted by Crippen LogP contribution is 2.35. The molecule has 38 heavy (non-hydrogen) atoms. The highest BCUT2D eigenvalue weighted by atomic mass is 79.9. The second kappa shape index (κ2) is 11.3. The number of piperidine rings is 1. The number of carbonyl (C=O) groups excluding carboxylic acids is 3. The van der Waals surface area contributed by atoms with E-state index in [2.05, 4.69) is 22.9 Å². The molecule has 0 N–H and O–H groups in total. The average molecular weight is 601 g/mol. The number of hydrogen-bond acceptors (Lipinski definition) is 5. The second-order valence-electron chi connectivity index (χ2n) is 9.57. The van der Waals surface area contributed by atoms with Crippen LogP contribution in [0.2, 0.25) is 0 Å². The quantitative estimate of drug-likeness (QED) is 0.315. The fourth-order valence-electron chi connectivity index (χ4n) is 4.67. The van der Waals surface area contributed by atoms with Gasteiger partial charge in [-0.05, 0) is 79.1 Å². The van der Waals surface area contributed by atoms with Crippen molar-refractivity contribution in [2.45, 2.75) is 26.3 Å². The molecule has 2 saturated heterocycles. The predicted octanol–water partition coefficient (Wildman–Crippen LogP) is 5.92. The molecule has 198 valence electrons. The Labute approximate surface area is 232 Å². The van der Waals surface area contributed by atoms with Crippen LogP contribution in [-0.2, 0) is 16.1 Å². The van der Waals surface area contributed by atoms with Gasteiger partial charge in [-0.25, -0.2) is 4.39 Å². The number of benzene rings is 2. The first kappa shape index (κ1) is 26.5. The smallest absolute Gasteiger partial charge is 0.293 e. The first-order valence-electron chi connectivity index (χ1n) is 12.5. The Hall–Kier alpha value is -3.11. The second-order valence-corrected chi connectivity index (χ2v) is 11.5. The minimum atomic E-state index is -0.392. The van der Waals surface area contributed by atoms with Gasteiger partial charge in [0.1, 0.15) is 24.7 Å². The van der Waals surface area contributed by atoms with Crippen LogP contribution in [-0.4, -0.2) is 57.7 Å².